The molecular formula is C23H38O2. The summed E-state index contributed by atoms with van der Waals surface area (Å²) < 4.78 is 0. The van der Waals surface area contributed by atoms with Crippen LogP contribution in [-0.2, 0) is 4.79 Å². The zero-order valence-electron chi connectivity index (χ0n) is 16.6. The van der Waals surface area contributed by atoms with Crippen LogP contribution in [0.5, 0.6) is 0 Å². The second-order valence-corrected chi connectivity index (χ2v) is 10.4. The first-order valence-electron chi connectivity index (χ1n) is 11.1. The van der Waals surface area contributed by atoms with Gasteiger partial charge in [0.2, 0.25) is 0 Å². The Balaban J connectivity index is 1.55. The first-order valence-corrected chi connectivity index (χ1v) is 11.1. The Bertz CT molecular complexity index is 528. The molecule has 1 unspecified atom stereocenters. The van der Waals surface area contributed by atoms with E-state index in [4.69, 9.17) is 0 Å². The van der Waals surface area contributed by atoms with Crippen LogP contribution in [0.25, 0.3) is 0 Å². The standard InChI is InChI=1S/C23H38O2/c1-4-23(25)13-11-17-16(14-23)8-9-19-18(17)10-12-22(3)20(15(2)24)6-5-7-21(19)22/h16-21,25H,4-14H2,1-3H3/t16-,17+,18-,19-,20?,21+,22-,23-/m1/s1. The van der Waals surface area contributed by atoms with Crippen LogP contribution in [0.4, 0.5) is 0 Å². The van der Waals surface area contributed by atoms with Crippen LogP contribution in [0, 0.1) is 40.9 Å². The van der Waals surface area contributed by atoms with Crippen molar-refractivity contribution >= 4 is 5.78 Å². The van der Waals surface area contributed by atoms with Crippen LogP contribution in [0.3, 0.4) is 0 Å². The number of carbonyl (C=O) groups is 1. The third-order valence-corrected chi connectivity index (χ3v) is 9.49. The van der Waals surface area contributed by atoms with Gasteiger partial charge in [0.05, 0.1) is 5.60 Å². The van der Waals surface area contributed by atoms with E-state index in [0.717, 1.165) is 55.3 Å². The number of aliphatic hydroxyl groups is 1. The number of carbonyl (C=O) groups excluding carboxylic acids is 1. The van der Waals surface area contributed by atoms with Crippen molar-refractivity contribution in [3.05, 3.63) is 0 Å². The molecule has 2 nitrogen and oxygen atoms in total. The van der Waals surface area contributed by atoms with Crippen LogP contribution < -0.4 is 0 Å². The summed E-state index contributed by atoms with van der Waals surface area (Å²) in [5, 5.41) is 10.8. The molecule has 4 fully saturated rings. The van der Waals surface area contributed by atoms with Gasteiger partial charge in [0.25, 0.3) is 0 Å². The molecule has 0 aliphatic heterocycles. The Morgan fingerprint density at radius 2 is 1.76 bits per heavy atom. The normalized spacial score (nSPS) is 52.6. The Kier molecular flexibility index (Phi) is 4.58. The lowest BCUT2D eigenvalue weighted by atomic mass is 9.44. The van der Waals surface area contributed by atoms with Gasteiger partial charge in [-0.1, -0.05) is 20.3 Å². The van der Waals surface area contributed by atoms with Crippen molar-refractivity contribution in [1.29, 1.82) is 0 Å². The number of rotatable bonds is 2. The van der Waals surface area contributed by atoms with Crippen molar-refractivity contribution in [3.8, 4) is 0 Å². The van der Waals surface area contributed by atoms with Gasteiger partial charge >= 0.3 is 0 Å². The molecule has 0 bridgehead atoms. The molecular weight excluding hydrogens is 308 g/mol. The van der Waals surface area contributed by atoms with Crippen molar-refractivity contribution in [2.24, 2.45) is 40.9 Å². The second-order valence-electron chi connectivity index (χ2n) is 10.4. The molecule has 0 spiro atoms. The third-order valence-electron chi connectivity index (χ3n) is 9.49. The van der Waals surface area contributed by atoms with Crippen molar-refractivity contribution in [3.63, 3.8) is 0 Å². The highest BCUT2D eigenvalue weighted by Crippen LogP contribution is 2.63. The van der Waals surface area contributed by atoms with E-state index < -0.39 is 0 Å². The maximum Gasteiger partial charge on any atom is 0.133 e. The molecule has 4 aliphatic carbocycles. The number of fused-ring (bicyclic) bond motifs is 5. The fourth-order valence-corrected chi connectivity index (χ4v) is 8.15. The Labute approximate surface area is 154 Å². The Morgan fingerprint density at radius 3 is 2.48 bits per heavy atom. The summed E-state index contributed by atoms with van der Waals surface area (Å²) in [5.74, 6) is 4.90. The summed E-state index contributed by atoms with van der Waals surface area (Å²) in [6, 6.07) is 0. The highest BCUT2D eigenvalue weighted by atomic mass is 16.3. The quantitative estimate of drug-likeness (QED) is 0.729. The molecule has 1 N–H and O–H groups in total. The molecule has 4 rings (SSSR count). The molecule has 2 heteroatoms. The molecule has 25 heavy (non-hydrogen) atoms. The van der Waals surface area contributed by atoms with Gasteiger partial charge in [-0.25, -0.2) is 0 Å². The van der Waals surface area contributed by atoms with E-state index in [1.807, 2.05) is 6.92 Å². The number of Topliss-reactive ketones (excluding diaryl/α,β-unsaturated/α-hetero) is 1. The molecule has 8 atom stereocenters. The van der Waals surface area contributed by atoms with Gasteiger partial charge < -0.3 is 5.11 Å². The van der Waals surface area contributed by atoms with E-state index in [1.165, 1.54) is 44.9 Å². The van der Waals surface area contributed by atoms with E-state index in [1.54, 1.807) is 0 Å². The minimum absolute atomic E-state index is 0.275. The van der Waals surface area contributed by atoms with Crippen LogP contribution >= 0.6 is 0 Å². The number of hydrogen-bond donors (Lipinski definition) is 1. The lowest BCUT2D eigenvalue weighted by Crippen LogP contribution is -2.54. The Hall–Kier alpha value is -0.370. The van der Waals surface area contributed by atoms with Gasteiger partial charge in [-0.2, -0.15) is 0 Å². The molecule has 0 aromatic rings. The lowest BCUT2D eigenvalue weighted by Gasteiger charge is -2.60. The smallest absolute Gasteiger partial charge is 0.133 e. The van der Waals surface area contributed by atoms with Gasteiger partial charge in [0, 0.05) is 5.92 Å². The zero-order chi connectivity index (χ0) is 17.8. The summed E-state index contributed by atoms with van der Waals surface area (Å²) in [6.45, 7) is 6.46. The first-order chi connectivity index (χ1) is 11.9. The maximum absolute atomic E-state index is 12.3. The van der Waals surface area contributed by atoms with E-state index >= 15 is 0 Å². The monoisotopic (exact) mass is 346 g/mol. The minimum atomic E-state index is -0.373. The van der Waals surface area contributed by atoms with Gasteiger partial charge in [-0.15, -0.1) is 0 Å². The predicted octanol–water partition coefficient (Wildman–Crippen LogP) is 5.38. The van der Waals surface area contributed by atoms with Crippen molar-refractivity contribution in [1.82, 2.24) is 0 Å². The maximum atomic E-state index is 12.3. The van der Waals surface area contributed by atoms with Crippen LogP contribution in [-0.4, -0.2) is 16.5 Å². The van der Waals surface area contributed by atoms with Crippen molar-refractivity contribution < 1.29 is 9.90 Å². The average Bonchev–Trinajstić information content (AvgIpc) is 2.59. The highest BCUT2D eigenvalue weighted by Gasteiger charge is 2.56. The second kappa shape index (κ2) is 6.36. The summed E-state index contributed by atoms with van der Waals surface area (Å²) in [4.78, 5) is 12.3. The molecule has 142 valence electrons. The predicted molar refractivity (Wildman–Crippen MR) is 101 cm³/mol. The third kappa shape index (κ3) is 2.82. The van der Waals surface area contributed by atoms with E-state index in [9.17, 15) is 9.90 Å². The highest BCUT2D eigenvalue weighted by molar-refractivity contribution is 5.79. The first kappa shape index (κ1) is 18.0. The molecule has 0 heterocycles. The van der Waals surface area contributed by atoms with Gasteiger partial charge in [0.15, 0.2) is 0 Å². The summed E-state index contributed by atoms with van der Waals surface area (Å²) >= 11 is 0. The molecule has 0 radical (unpaired) electrons. The van der Waals surface area contributed by atoms with Crippen molar-refractivity contribution in [2.45, 2.75) is 97.0 Å². The van der Waals surface area contributed by atoms with E-state index in [2.05, 4.69) is 13.8 Å². The van der Waals surface area contributed by atoms with Crippen LogP contribution in [0.1, 0.15) is 91.4 Å². The molecule has 0 aromatic carbocycles. The zero-order valence-corrected chi connectivity index (χ0v) is 16.6. The summed E-state index contributed by atoms with van der Waals surface area (Å²) in [7, 11) is 0. The average molecular weight is 347 g/mol. The fourth-order valence-electron chi connectivity index (χ4n) is 8.15. The topological polar surface area (TPSA) is 37.3 Å². The lowest BCUT2D eigenvalue weighted by molar-refractivity contribution is -0.147. The fraction of sp³-hybridized carbons (Fsp3) is 0.957. The summed E-state index contributed by atoms with van der Waals surface area (Å²) in [6.07, 6.45) is 13.3. The molecule has 4 aliphatic rings. The van der Waals surface area contributed by atoms with E-state index in [-0.39, 0.29) is 11.0 Å². The minimum Gasteiger partial charge on any atom is -0.390 e. The van der Waals surface area contributed by atoms with Gasteiger partial charge in [-0.3, -0.25) is 4.79 Å². The Morgan fingerprint density at radius 1 is 1.00 bits per heavy atom. The molecule has 4 saturated carbocycles. The van der Waals surface area contributed by atoms with Crippen molar-refractivity contribution in [2.75, 3.05) is 0 Å². The number of ketones is 1. The molecule has 0 amide bonds. The number of hydrogen-bond acceptors (Lipinski definition) is 2. The van der Waals surface area contributed by atoms with Crippen LogP contribution in [0.15, 0.2) is 0 Å². The summed E-state index contributed by atoms with van der Waals surface area (Å²) in [5.41, 5.74) is -0.0986. The molecule has 0 aromatic heterocycles. The molecule has 0 saturated heterocycles. The van der Waals surface area contributed by atoms with Crippen LogP contribution in [0.2, 0.25) is 0 Å². The van der Waals surface area contributed by atoms with E-state index in [0.29, 0.717) is 11.7 Å². The SMILES string of the molecule is CC[C@@]1(O)CC[C@H]2[C@H](CC[C@@H]3[C@@H]2CC[C@]2(C)C(C(C)=O)CCC[C@@H]32)C1. The largest absolute Gasteiger partial charge is 0.390 e. The van der Waals surface area contributed by atoms with Gasteiger partial charge in [0.1, 0.15) is 5.78 Å². The van der Waals surface area contributed by atoms with Gasteiger partial charge in [-0.05, 0) is 106 Å².